The van der Waals surface area contributed by atoms with Crippen molar-refractivity contribution in [1.82, 2.24) is 20.5 Å². The Balaban J connectivity index is 0.00000243. The SMILES string of the molecule is CN=C(NCc1sc(C)nc1C)NCC(c1ccco1)N1CCCC1.I. The highest BCUT2D eigenvalue weighted by atomic mass is 127. The summed E-state index contributed by atoms with van der Waals surface area (Å²) in [6.45, 7) is 7.85. The van der Waals surface area contributed by atoms with Crippen LogP contribution in [0, 0.1) is 13.8 Å². The number of rotatable bonds is 6. The summed E-state index contributed by atoms with van der Waals surface area (Å²) in [7, 11) is 1.80. The highest BCUT2D eigenvalue weighted by Crippen LogP contribution is 2.24. The van der Waals surface area contributed by atoms with Gasteiger partial charge in [0.25, 0.3) is 0 Å². The summed E-state index contributed by atoms with van der Waals surface area (Å²) in [6.07, 6.45) is 4.27. The third-order valence-corrected chi connectivity index (χ3v) is 5.63. The lowest BCUT2D eigenvalue weighted by molar-refractivity contribution is 0.215. The van der Waals surface area contributed by atoms with E-state index in [4.69, 9.17) is 4.42 Å². The van der Waals surface area contributed by atoms with Crippen LogP contribution in [0.3, 0.4) is 0 Å². The van der Waals surface area contributed by atoms with Gasteiger partial charge in [-0.3, -0.25) is 9.89 Å². The molecule has 3 rings (SSSR count). The molecule has 2 aromatic rings. The predicted molar refractivity (Wildman–Crippen MR) is 117 cm³/mol. The monoisotopic (exact) mass is 489 g/mol. The Morgan fingerprint density at radius 2 is 2.12 bits per heavy atom. The van der Waals surface area contributed by atoms with Crippen molar-refractivity contribution < 1.29 is 4.42 Å². The molecule has 0 saturated carbocycles. The molecule has 26 heavy (non-hydrogen) atoms. The maximum Gasteiger partial charge on any atom is 0.191 e. The van der Waals surface area contributed by atoms with Crippen LogP contribution in [0.5, 0.6) is 0 Å². The number of aryl methyl sites for hydroxylation is 2. The second kappa shape index (κ2) is 10.3. The van der Waals surface area contributed by atoms with Crippen LogP contribution in [0.4, 0.5) is 0 Å². The van der Waals surface area contributed by atoms with E-state index in [1.54, 1.807) is 24.6 Å². The van der Waals surface area contributed by atoms with Gasteiger partial charge in [-0.05, 0) is 51.9 Å². The molecule has 144 valence electrons. The van der Waals surface area contributed by atoms with Gasteiger partial charge in [-0.15, -0.1) is 35.3 Å². The number of thiazole rings is 1. The smallest absolute Gasteiger partial charge is 0.191 e. The van der Waals surface area contributed by atoms with Crippen molar-refractivity contribution in [2.75, 3.05) is 26.7 Å². The molecule has 0 aliphatic carbocycles. The lowest BCUT2D eigenvalue weighted by Crippen LogP contribution is -2.42. The molecule has 0 amide bonds. The van der Waals surface area contributed by atoms with E-state index < -0.39 is 0 Å². The third-order valence-electron chi connectivity index (χ3n) is 4.56. The lowest BCUT2D eigenvalue weighted by Gasteiger charge is -2.26. The second-order valence-electron chi connectivity index (χ2n) is 6.32. The van der Waals surface area contributed by atoms with Gasteiger partial charge in [-0.25, -0.2) is 4.98 Å². The fourth-order valence-corrected chi connectivity index (χ4v) is 4.14. The number of nitrogens with zero attached hydrogens (tertiary/aromatic N) is 3. The molecule has 0 spiro atoms. The highest BCUT2D eigenvalue weighted by molar-refractivity contribution is 14.0. The summed E-state index contributed by atoms with van der Waals surface area (Å²) < 4.78 is 5.67. The van der Waals surface area contributed by atoms with Gasteiger partial charge in [0.1, 0.15) is 5.76 Å². The largest absolute Gasteiger partial charge is 0.468 e. The maximum absolute atomic E-state index is 5.67. The predicted octanol–water partition coefficient (Wildman–Crippen LogP) is 3.47. The van der Waals surface area contributed by atoms with E-state index in [9.17, 15) is 0 Å². The number of likely N-dealkylation sites (tertiary alicyclic amines) is 1. The van der Waals surface area contributed by atoms with Crippen molar-refractivity contribution in [2.24, 2.45) is 4.99 Å². The quantitative estimate of drug-likeness (QED) is 0.370. The van der Waals surface area contributed by atoms with Crippen LogP contribution in [0.25, 0.3) is 0 Å². The zero-order valence-electron chi connectivity index (χ0n) is 15.6. The number of halogens is 1. The summed E-state index contributed by atoms with van der Waals surface area (Å²) in [4.78, 5) is 12.6. The molecule has 2 aromatic heterocycles. The number of hydrogen-bond acceptors (Lipinski definition) is 5. The third kappa shape index (κ3) is 5.43. The summed E-state index contributed by atoms with van der Waals surface area (Å²) >= 11 is 1.73. The van der Waals surface area contributed by atoms with Crippen molar-refractivity contribution >= 4 is 41.3 Å². The summed E-state index contributed by atoms with van der Waals surface area (Å²) in [5, 5.41) is 7.95. The second-order valence-corrected chi connectivity index (χ2v) is 7.61. The first-order chi connectivity index (χ1) is 12.2. The molecule has 1 unspecified atom stereocenters. The molecule has 1 saturated heterocycles. The van der Waals surface area contributed by atoms with Crippen LogP contribution in [0.2, 0.25) is 0 Å². The van der Waals surface area contributed by atoms with E-state index in [1.165, 1.54) is 17.7 Å². The first-order valence-electron chi connectivity index (χ1n) is 8.82. The lowest BCUT2D eigenvalue weighted by atomic mass is 10.2. The Morgan fingerprint density at radius 3 is 2.69 bits per heavy atom. The van der Waals surface area contributed by atoms with Crippen LogP contribution in [-0.2, 0) is 6.54 Å². The van der Waals surface area contributed by atoms with Crippen LogP contribution >= 0.6 is 35.3 Å². The van der Waals surface area contributed by atoms with Gasteiger partial charge in [0.2, 0.25) is 0 Å². The van der Waals surface area contributed by atoms with E-state index in [0.29, 0.717) is 0 Å². The highest BCUT2D eigenvalue weighted by Gasteiger charge is 2.25. The number of nitrogens with one attached hydrogen (secondary N) is 2. The molecule has 0 radical (unpaired) electrons. The van der Waals surface area contributed by atoms with Gasteiger partial charge < -0.3 is 15.1 Å². The van der Waals surface area contributed by atoms with Crippen molar-refractivity contribution in [2.45, 2.75) is 39.3 Å². The molecule has 0 aromatic carbocycles. The Hall–Kier alpha value is -1.13. The Kier molecular flexibility index (Phi) is 8.36. The van der Waals surface area contributed by atoms with E-state index in [-0.39, 0.29) is 30.0 Å². The first-order valence-corrected chi connectivity index (χ1v) is 9.64. The zero-order chi connectivity index (χ0) is 17.6. The fourth-order valence-electron chi connectivity index (χ4n) is 3.26. The summed E-state index contributed by atoms with van der Waals surface area (Å²) in [5.74, 6) is 1.82. The minimum absolute atomic E-state index is 0. The molecular weight excluding hydrogens is 461 g/mol. The molecule has 1 aliphatic heterocycles. The van der Waals surface area contributed by atoms with Crippen LogP contribution < -0.4 is 10.6 Å². The first kappa shape index (κ1) is 21.2. The average Bonchev–Trinajstić information content (AvgIpc) is 3.34. The average molecular weight is 489 g/mol. The Labute approximate surface area is 176 Å². The summed E-state index contributed by atoms with van der Waals surface area (Å²) in [6, 6.07) is 4.26. The zero-order valence-corrected chi connectivity index (χ0v) is 18.8. The number of guanidine groups is 1. The van der Waals surface area contributed by atoms with Gasteiger partial charge in [0, 0.05) is 18.5 Å². The normalized spacial score (nSPS) is 16.3. The number of aliphatic imine (C=N–C) groups is 1. The van der Waals surface area contributed by atoms with Gasteiger partial charge >= 0.3 is 0 Å². The van der Waals surface area contributed by atoms with Crippen molar-refractivity contribution in [3.63, 3.8) is 0 Å². The van der Waals surface area contributed by atoms with E-state index in [0.717, 1.165) is 48.6 Å². The molecule has 6 nitrogen and oxygen atoms in total. The van der Waals surface area contributed by atoms with E-state index in [1.807, 2.05) is 13.0 Å². The molecule has 1 atom stereocenters. The molecule has 2 N–H and O–H groups in total. The van der Waals surface area contributed by atoms with Gasteiger partial charge in [0.15, 0.2) is 5.96 Å². The maximum atomic E-state index is 5.67. The van der Waals surface area contributed by atoms with Crippen molar-refractivity contribution in [3.05, 3.63) is 39.7 Å². The van der Waals surface area contributed by atoms with Gasteiger partial charge in [0.05, 0.1) is 29.6 Å². The van der Waals surface area contributed by atoms with Crippen molar-refractivity contribution in [3.8, 4) is 0 Å². The Bertz CT molecular complexity index is 695. The minimum atomic E-state index is 0. The fraction of sp³-hybridized carbons (Fsp3) is 0.556. The standard InChI is InChI=1S/C18H27N5OS.HI/c1-13-17(25-14(2)22-13)12-21-18(19-3)20-11-15(16-7-6-10-24-16)23-8-4-5-9-23;/h6-7,10,15H,4-5,8-9,11-12H2,1-3H3,(H2,19,20,21);1H. The van der Waals surface area contributed by atoms with E-state index >= 15 is 0 Å². The van der Waals surface area contributed by atoms with Crippen LogP contribution in [0.1, 0.15) is 40.2 Å². The Morgan fingerprint density at radius 1 is 1.35 bits per heavy atom. The van der Waals surface area contributed by atoms with Crippen LogP contribution in [-0.4, -0.2) is 42.5 Å². The number of aromatic nitrogens is 1. The summed E-state index contributed by atoms with van der Waals surface area (Å²) in [5.41, 5.74) is 1.09. The molecular formula is C18H28IN5OS. The van der Waals surface area contributed by atoms with Gasteiger partial charge in [-0.2, -0.15) is 0 Å². The molecule has 0 bridgehead atoms. The van der Waals surface area contributed by atoms with Crippen molar-refractivity contribution in [1.29, 1.82) is 0 Å². The van der Waals surface area contributed by atoms with Crippen LogP contribution in [0.15, 0.2) is 27.8 Å². The molecule has 3 heterocycles. The number of hydrogen-bond donors (Lipinski definition) is 2. The molecule has 8 heteroatoms. The van der Waals surface area contributed by atoms with E-state index in [2.05, 4.69) is 38.5 Å². The molecule has 1 fully saturated rings. The molecule has 1 aliphatic rings. The topological polar surface area (TPSA) is 65.7 Å². The van der Waals surface area contributed by atoms with Gasteiger partial charge in [-0.1, -0.05) is 0 Å². The number of furan rings is 1. The minimum Gasteiger partial charge on any atom is -0.468 e.